The van der Waals surface area contributed by atoms with E-state index in [1.807, 2.05) is 30.3 Å². The first-order chi connectivity index (χ1) is 9.19. The number of benzene rings is 2. The molecule has 0 aliphatic heterocycles. The second-order valence-corrected chi connectivity index (χ2v) is 4.73. The van der Waals surface area contributed by atoms with E-state index in [0.29, 0.717) is 18.5 Å². The van der Waals surface area contributed by atoms with Crippen molar-refractivity contribution in [3.8, 4) is 0 Å². The van der Waals surface area contributed by atoms with E-state index in [9.17, 15) is 8.78 Å². The molecule has 0 aliphatic carbocycles. The molecule has 1 atom stereocenters. The van der Waals surface area contributed by atoms with E-state index in [-0.39, 0.29) is 11.7 Å². The van der Waals surface area contributed by atoms with Crippen molar-refractivity contribution < 1.29 is 8.78 Å². The largest absolute Gasteiger partial charge is 0.330 e. The summed E-state index contributed by atoms with van der Waals surface area (Å²) in [6, 6.07) is 13.5. The van der Waals surface area contributed by atoms with Crippen molar-refractivity contribution in [1.29, 1.82) is 0 Å². The molecule has 2 N–H and O–H groups in total. The lowest BCUT2D eigenvalue weighted by Crippen LogP contribution is -2.20. The highest BCUT2D eigenvalue weighted by molar-refractivity contribution is 5.21. The highest BCUT2D eigenvalue weighted by Crippen LogP contribution is 2.17. The summed E-state index contributed by atoms with van der Waals surface area (Å²) in [5.41, 5.74) is 7.30. The van der Waals surface area contributed by atoms with Gasteiger partial charge in [0.25, 0.3) is 0 Å². The van der Waals surface area contributed by atoms with Crippen LogP contribution in [0.2, 0.25) is 0 Å². The maximum atomic E-state index is 13.6. The third-order valence-electron chi connectivity index (χ3n) is 3.22. The SMILES string of the molecule is NCC(Cc1ccccc1)Cc1cc(F)ccc1F. The van der Waals surface area contributed by atoms with Gasteiger partial charge in [0.15, 0.2) is 0 Å². The quantitative estimate of drug-likeness (QED) is 0.877. The highest BCUT2D eigenvalue weighted by atomic mass is 19.1. The lowest BCUT2D eigenvalue weighted by molar-refractivity contribution is 0.506. The second kappa shape index (κ2) is 6.43. The Kier molecular flexibility index (Phi) is 4.63. The van der Waals surface area contributed by atoms with E-state index >= 15 is 0 Å². The smallest absolute Gasteiger partial charge is 0.126 e. The average molecular weight is 261 g/mol. The molecule has 0 aliphatic rings. The van der Waals surface area contributed by atoms with Crippen LogP contribution >= 0.6 is 0 Å². The van der Waals surface area contributed by atoms with Crippen LogP contribution in [0.5, 0.6) is 0 Å². The van der Waals surface area contributed by atoms with Crippen molar-refractivity contribution in [2.24, 2.45) is 11.7 Å². The number of nitrogens with two attached hydrogens (primary N) is 1. The first-order valence-electron chi connectivity index (χ1n) is 6.37. The van der Waals surface area contributed by atoms with Crippen molar-refractivity contribution in [3.05, 3.63) is 71.3 Å². The van der Waals surface area contributed by atoms with Crippen molar-refractivity contribution in [2.75, 3.05) is 6.54 Å². The lowest BCUT2D eigenvalue weighted by atomic mass is 9.92. The van der Waals surface area contributed by atoms with Crippen LogP contribution in [-0.2, 0) is 12.8 Å². The van der Waals surface area contributed by atoms with Gasteiger partial charge in [0.1, 0.15) is 11.6 Å². The Morgan fingerprint density at radius 3 is 2.37 bits per heavy atom. The van der Waals surface area contributed by atoms with Crippen LogP contribution in [-0.4, -0.2) is 6.54 Å². The highest BCUT2D eigenvalue weighted by Gasteiger charge is 2.12. The fourth-order valence-electron chi connectivity index (χ4n) is 2.20. The van der Waals surface area contributed by atoms with Gasteiger partial charge in [0, 0.05) is 0 Å². The zero-order chi connectivity index (χ0) is 13.7. The van der Waals surface area contributed by atoms with Crippen LogP contribution in [0, 0.1) is 17.6 Å². The molecule has 0 saturated carbocycles. The summed E-state index contributed by atoms with van der Waals surface area (Å²) in [6.07, 6.45) is 1.22. The molecule has 0 heterocycles. The van der Waals surface area contributed by atoms with Gasteiger partial charge in [-0.3, -0.25) is 0 Å². The summed E-state index contributed by atoms with van der Waals surface area (Å²) >= 11 is 0. The minimum atomic E-state index is -0.410. The molecule has 0 amide bonds. The van der Waals surface area contributed by atoms with E-state index in [1.165, 1.54) is 12.1 Å². The Bertz CT molecular complexity index is 526. The Hall–Kier alpha value is -1.74. The van der Waals surface area contributed by atoms with Gasteiger partial charge in [0.05, 0.1) is 0 Å². The van der Waals surface area contributed by atoms with Gasteiger partial charge in [-0.15, -0.1) is 0 Å². The summed E-state index contributed by atoms with van der Waals surface area (Å²) in [5.74, 6) is -0.668. The summed E-state index contributed by atoms with van der Waals surface area (Å²) < 4.78 is 26.7. The maximum Gasteiger partial charge on any atom is 0.126 e. The lowest BCUT2D eigenvalue weighted by Gasteiger charge is -2.15. The van der Waals surface area contributed by atoms with Gasteiger partial charge in [-0.2, -0.15) is 0 Å². The standard InChI is InChI=1S/C16H17F2N/c17-15-6-7-16(18)14(10-15)9-13(11-19)8-12-4-2-1-3-5-12/h1-7,10,13H,8-9,11,19H2. The molecule has 100 valence electrons. The molecule has 2 rings (SSSR count). The molecular formula is C16H17F2N. The normalized spacial score (nSPS) is 12.4. The monoisotopic (exact) mass is 261 g/mol. The van der Waals surface area contributed by atoms with Crippen LogP contribution in [0.3, 0.4) is 0 Å². The topological polar surface area (TPSA) is 26.0 Å². The fourth-order valence-corrected chi connectivity index (χ4v) is 2.20. The van der Waals surface area contributed by atoms with Crippen molar-refractivity contribution in [2.45, 2.75) is 12.8 Å². The second-order valence-electron chi connectivity index (χ2n) is 4.73. The third kappa shape index (κ3) is 3.86. The summed E-state index contributed by atoms with van der Waals surface area (Å²) in [5, 5.41) is 0. The molecule has 2 aromatic rings. The molecule has 0 spiro atoms. The van der Waals surface area contributed by atoms with Gasteiger partial charge < -0.3 is 5.73 Å². The van der Waals surface area contributed by atoms with Crippen LogP contribution in [0.4, 0.5) is 8.78 Å². The first kappa shape index (κ1) is 13.7. The van der Waals surface area contributed by atoms with E-state index in [1.54, 1.807) is 0 Å². The minimum Gasteiger partial charge on any atom is -0.330 e. The molecule has 0 aromatic heterocycles. The van der Waals surface area contributed by atoms with E-state index in [4.69, 9.17) is 5.73 Å². The predicted molar refractivity (Wildman–Crippen MR) is 72.8 cm³/mol. The zero-order valence-electron chi connectivity index (χ0n) is 10.7. The first-order valence-corrected chi connectivity index (χ1v) is 6.37. The van der Waals surface area contributed by atoms with Gasteiger partial charge in [-0.05, 0) is 54.6 Å². The number of halogens is 2. The zero-order valence-corrected chi connectivity index (χ0v) is 10.7. The molecule has 0 radical (unpaired) electrons. The minimum absolute atomic E-state index is 0.110. The van der Waals surface area contributed by atoms with E-state index in [0.717, 1.165) is 18.1 Å². The third-order valence-corrected chi connectivity index (χ3v) is 3.22. The van der Waals surface area contributed by atoms with Crippen LogP contribution < -0.4 is 5.73 Å². The molecule has 0 saturated heterocycles. The Balaban J connectivity index is 2.09. The molecule has 1 nitrogen and oxygen atoms in total. The van der Waals surface area contributed by atoms with Crippen LogP contribution in [0.1, 0.15) is 11.1 Å². The molecule has 19 heavy (non-hydrogen) atoms. The van der Waals surface area contributed by atoms with E-state index < -0.39 is 5.82 Å². The Morgan fingerprint density at radius 1 is 0.947 bits per heavy atom. The number of hydrogen-bond donors (Lipinski definition) is 1. The summed E-state index contributed by atoms with van der Waals surface area (Å²) in [7, 11) is 0. The van der Waals surface area contributed by atoms with E-state index in [2.05, 4.69) is 0 Å². The summed E-state index contributed by atoms with van der Waals surface area (Å²) in [6.45, 7) is 0.449. The molecule has 2 aromatic carbocycles. The van der Waals surface area contributed by atoms with Crippen LogP contribution in [0.25, 0.3) is 0 Å². The predicted octanol–water partition coefficient (Wildman–Crippen LogP) is 3.32. The van der Waals surface area contributed by atoms with Gasteiger partial charge in [0.2, 0.25) is 0 Å². The van der Waals surface area contributed by atoms with Gasteiger partial charge in [-0.25, -0.2) is 8.78 Å². The van der Waals surface area contributed by atoms with Crippen molar-refractivity contribution in [1.82, 2.24) is 0 Å². The molecule has 0 fully saturated rings. The maximum absolute atomic E-state index is 13.6. The van der Waals surface area contributed by atoms with Crippen LogP contribution in [0.15, 0.2) is 48.5 Å². The fraction of sp³-hybridized carbons (Fsp3) is 0.250. The molecule has 1 unspecified atom stereocenters. The molecular weight excluding hydrogens is 244 g/mol. The average Bonchev–Trinajstić information content (AvgIpc) is 2.43. The van der Waals surface area contributed by atoms with Gasteiger partial charge in [-0.1, -0.05) is 30.3 Å². The number of hydrogen-bond acceptors (Lipinski definition) is 1. The van der Waals surface area contributed by atoms with Crippen molar-refractivity contribution in [3.63, 3.8) is 0 Å². The van der Waals surface area contributed by atoms with Gasteiger partial charge >= 0.3 is 0 Å². The summed E-state index contributed by atoms with van der Waals surface area (Å²) in [4.78, 5) is 0. The Morgan fingerprint density at radius 2 is 1.68 bits per heavy atom. The molecule has 3 heteroatoms. The molecule has 0 bridgehead atoms. The van der Waals surface area contributed by atoms with Crippen molar-refractivity contribution >= 4 is 0 Å². The Labute approximate surface area is 112 Å². The number of rotatable bonds is 5.